The molecule has 1 aliphatic rings. The lowest BCUT2D eigenvalue weighted by Gasteiger charge is -2.17. The first-order chi connectivity index (χ1) is 10.0. The third-order valence-electron chi connectivity index (χ3n) is 3.62. The van der Waals surface area contributed by atoms with Crippen molar-refractivity contribution in [1.82, 2.24) is 0 Å². The number of hydrogen-bond acceptors (Lipinski definition) is 4. The van der Waals surface area contributed by atoms with Crippen LogP contribution in [0.3, 0.4) is 0 Å². The largest absolute Gasteiger partial charge is 0.299 e. The summed E-state index contributed by atoms with van der Waals surface area (Å²) in [6.45, 7) is 3.54. The second-order valence-corrected chi connectivity index (χ2v) is 5.99. The Labute approximate surface area is 126 Å². The van der Waals surface area contributed by atoms with E-state index in [4.69, 9.17) is 0 Å². The van der Waals surface area contributed by atoms with E-state index in [1.165, 1.54) is 16.2 Å². The Bertz CT molecular complexity index is 762. The number of aryl methyl sites for hydroxylation is 2. The molecule has 2 heterocycles. The number of fused-ring (bicyclic) bond motifs is 1. The van der Waals surface area contributed by atoms with Gasteiger partial charge in [-0.3, -0.25) is 19.3 Å². The summed E-state index contributed by atoms with van der Waals surface area (Å²) in [5.41, 5.74) is 2.60. The van der Waals surface area contributed by atoms with Crippen LogP contribution < -0.4 is 4.90 Å². The lowest BCUT2D eigenvalue weighted by atomic mass is 10.0. The molecule has 0 spiro atoms. The summed E-state index contributed by atoms with van der Waals surface area (Å²) < 4.78 is 0. The van der Waals surface area contributed by atoms with E-state index in [-0.39, 0.29) is 12.3 Å². The first-order valence-electron chi connectivity index (χ1n) is 6.54. The fourth-order valence-corrected chi connectivity index (χ4v) is 3.23. The molecule has 0 unspecified atom stereocenters. The van der Waals surface area contributed by atoms with Crippen molar-refractivity contribution >= 4 is 34.5 Å². The molecule has 0 radical (unpaired) electrons. The van der Waals surface area contributed by atoms with Crippen LogP contribution in [0.15, 0.2) is 29.6 Å². The fraction of sp³-hybridized carbons (Fsp3) is 0.188. The standard InChI is InChI=1S/C16H13NO3S/c1-9-5-6-10(2)14-13(9)15(19)16(20)17(14)8-11(18)12-4-3-7-21-12/h3-7H,8H2,1-2H3. The number of Topliss-reactive ketones (excluding diaryl/α,β-unsaturated/α-hetero) is 2. The van der Waals surface area contributed by atoms with Crippen LogP contribution in [0.5, 0.6) is 0 Å². The number of amides is 1. The van der Waals surface area contributed by atoms with Gasteiger partial charge in [0.1, 0.15) is 0 Å². The summed E-state index contributed by atoms with van der Waals surface area (Å²) in [5, 5.41) is 1.81. The maximum atomic E-state index is 12.2. The summed E-state index contributed by atoms with van der Waals surface area (Å²) in [4.78, 5) is 38.5. The van der Waals surface area contributed by atoms with Crippen LogP contribution in [-0.2, 0) is 4.79 Å². The molecule has 0 bridgehead atoms. The molecule has 1 amide bonds. The monoisotopic (exact) mass is 299 g/mol. The number of anilines is 1. The number of hydrogen-bond donors (Lipinski definition) is 0. The van der Waals surface area contributed by atoms with E-state index < -0.39 is 11.7 Å². The van der Waals surface area contributed by atoms with Crippen LogP contribution in [0.4, 0.5) is 5.69 Å². The van der Waals surface area contributed by atoms with Crippen molar-refractivity contribution in [1.29, 1.82) is 0 Å². The van der Waals surface area contributed by atoms with E-state index in [0.717, 1.165) is 11.1 Å². The van der Waals surface area contributed by atoms with Crippen molar-refractivity contribution in [3.8, 4) is 0 Å². The predicted molar refractivity (Wildman–Crippen MR) is 81.2 cm³/mol. The highest BCUT2D eigenvalue weighted by molar-refractivity contribution is 7.12. The molecule has 1 aromatic carbocycles. The molecular formula is C16H13NO3S. The van der Waals surface area contributed by atoms with Gasteiger partial charge in [-0.1, -0.05) is 18.2 Å². The number of rotatable bonds is 3. The SMILES string of the molecule is Cc1ccc(C)c2c1C(=O)C(=O)N2CC(=O)c1cccs1. The summed E-state index contributed by atoms with van der Waals surface area (Å²) >= 11 is 1.33. The molecular weight excluding hydrogens is 286 g/mol. The number of thiophene rings is 1. The molecule has 0 fully saturated rings. The second kappa shape index (κ2) is 4.93. The number of benzene rings is 1. The Morgan fingerprint density at radius 2 is 1.86 bits per heavy atom. The summed E-state index contributed by atoms with van der Waals surface area (Å²) in [6.07, 6.45) is 0. The molecule has 0 atom stereocenters. The average molecular weight is 299 g/mol. The Morgan fingerprint density at radius 3 is 2.52 bits per heavy atom. The summed E-state index contributed by atoms with van der Waals surface area (Å²) in [6, 6.07) is 7.20. The maximum absolute atomic E-state index is 12.2. The lowest BCUT2D eigenvalue weighted by molar-refractivity contribution is -0.114. The van der Waals surface area contributed by atoms with Crippen molar-refractivity contribution in [2.75, 3.05) is 11.4 Å². The summed E-state index contributed by atoms with van der Waals surface area (Å²) in [5.74, 6) is -1.29. The van der Waals surface area contributed by atoms with E-state index in [0.29, 0.717) is 16.1 Å². The van der Waals surface area contributed by atoms with Crippen LogP contribution in [0.25, 0.3) is 0 Å². The first-order valence-corrected chi connectivity index (χ1v) is 7.41. The topological polar surface area (TPSA) is 54.5 Å². The third-order valence-corrected chi connectivity index (χ3v) is 4.53. The minimum atomic E-state index is -0.618. The number of carbonyl (C=O) groups excluding carboxylic acids is 3. The zero-order valence-corrected chi connectivity index (χ0v) is 12.5. The van der Waals surface area contributed by atoms with Crippen LogP contribution in [0.1, 0.15) is 31.2 Å². The van der Waals surface area contributed by atoms with E-state index >= 15 is 0 Å². The zero-order valence-electron chi connectivity index (χ0n) is 11.7. The van der Waals surface area contributed by atoms with Gasteiger partial charge in [-0.05, 0) is 36.4 Å². The minimum absolute atomic E-state index is 0.0949. The Kier molecular flexibility index (Phi) is 3.22. The Hall–Kier alpha value is -2.27. The fourth-order valence-electron chi connectivity index (χ4n) is 2.57. The predicted octanol–water partition coefficient (Wildman–Crippen LogP) is 2.78. The third kappa shape index (κ3) is 2.10. The molecule has 2 aromatic rings. The quantitative estimate of drug-likeness (QED) is 0.647. The van der Waals surface area contributed by atoms with Gasteiger partial charge in [0.2, 0.25) is 0 Å². The minimum Gasteiger partial charge on any atom is -0.297 e. The van der Waals surface area contributed by atoms with Crippen molar-refractivity contribution in [3.05, 3.63) is 51.2 Å². The molecule has 1 aromatic heterocycles. The van der Waals surface area contributed by atoms with Crippen LogP contribution in [0.2, 0.25) is 0 Å². The van der Waals surface area contributed by atoms with Gasteiger partial charge >= 0.3 is 0 Å². The molecule has 3 rings (SSSR count). The van der Waals surface area contributed by atoms with Crippen LogP contribution in [0, 0.1) is 13.8 Å². The molecule has 106 valence electrons. The van der Waals surface area contributed by atoms with Gasteiger partial charge in [0.15, 0.2) is 5.78 Å². The Morgan fingerprint density at radius 1 is 1.14 bits per heavy atom. The number of ketones is 2. The molecule has 5 heteroatoms. The average Bonchev–Trinajstić information content (AvgIpc) is 3.06. The highest BCUT2D eigenvalue weighted by atomic mass is 32.1. The van der Waals surface area contributed by atoms with Crippen molar-refractivity contribution in [2.24, 2.45) is 0 Å². The first kappa shape index (κ1) is 13.7. The smallest absolute Gasteiger partial charge is 0.297 e. The van der Waals surface area contributed by atoms with Crippen molar-refractivity contribution < 1.29 is 14.4 Å². The lowest BCUT2D eigenvalue weighted by Crippen LogP contribution is -2.34. The van der Waals surface area contributed by atoms with Gasteiger partial charge in [0.05, 0.1) is 22.7 Å². The van der Waals surface area contributed by atoms with Gasteiger partial charge in [0.25, 0.3) is 11.7 Å². The normalized spacial score (nSPS) is 13.7. The van der Waals surface area contributed by atoms with Crippen LogP contribution in [-0.4, -0.2) is 24.0 Å². The molecule has 0 saturated heterocycles. The van der Waals surface area contributed by atoms with Crippen molar-refractivity contribution in [2.45, 2.75) is 13.8 Å². The van der Waals surface area contributed by atoms with Gasteiger partial charge in [0, 0.05) is 0 Å². The number of carbonyl (C=O) groups is 3. The molecule has 0 aliphatic carbocycles. The molecule has 4 nitrogen and oxygen atoms in total. The van der Waals surface area contributed by atoms with Gasteiger partial charge in [-0.25, -0.2) is 0 Å². The molecule has 1 aliphatic heterocycles. The molecule has 21 heavy (non-hydrogen) atoms. The highest BCUT2D eigenvalue weighted by Gasteiger charge is 2.39. The van der Waals surface area contributed by atoms with E-state index in [1.807, 2.05) is 24.4 Å². The highest BCUT2D eigenvalue weighted by Crippen LogP contribution is 2.34. The van der Waals surface area contributed by atoms with E-state index in [1.54, 1.807) is 19.1 Å². The molecule has 0 N–H and O–H groups in total. The van der Waals surface area contributed by atoms with E-state index in [2.05, 4.69) is 0 Å². The molecule has 0 saturated carbocycles. The number of nitrogens with zero attached hydrogens (tertiary/aromatic N) is 1. The van der Waals surface area contributed by atoms with E-state index in [9.17, 15) is 14.4 Å². The second-order valence-electron chi connectivity index (χ2n) is 5.04. The van der Waals surface area contributed by atoms with Gasteiger partial charge in [-0.2, -0.15) is 0 Å². The zero-order chi connectivity index (χ0) is 15.1. The summed E-state index contributed by atoms with van der Waals surface area (Å²) in [7, 11) is 0. The Balaban J connectivity index is 2.02. The van der Waals surface area contributed by atoms with Gasteiger partial charge in [-0.15, -0.1) is 11.3 Å². The van der Waals surface area contributed by atoms with Gasteiger partial charge < -0.3 is 0 Å². The van der Waals surface area contributed by atoms with Crippen molar-refractivity contribution in [3.63, 3.8) is 0 Å². The van der Waals surface area contributed by atoms with Crippen LogP contribution >= 0.6 is 11.3 Å². The maximum Gasteiger partial charge on any atom is 0.299 e.